The highest BCUT2D eigenvalue weighted by Crippen LogP contribution is 2.17. The van der Waals surface area contributed by atoms with E-state index in [4.69, 9.17) is 14.2 Å². The Morgan fingerprint density at radius 3 is 0.645 bits per heavy atom. The first-order valence-electron chi connectivity index (χ1n) is 28.0. The second kappa shape index (κ2) is 52.0. The molecule has 6 heteroatoms. The minimum absolute atomic E-state index is 0.0615. The number of hydrogen-bond acceptors (Lipinski definition) is 6. The number of esters is 3. The van der Waals surface area contributed by atoms with Crippen molar-refractivity contribution in [2.24, 2.45) is 0 Å². The van der Waals surface area contributed by atoms with Gasteiger partial charge in [0.2, 0.25) is 0 Å². The summed E-state index contributed by atoms with van der Waals surface area (Å²) in [5.74, 6) is -0.837. The van der Waals surface area contributed by atoms with Crippen LogP contribution in [0.4, 0.5) is 0 Å². The van der Waals surface area contributed by atoms with Crippen LogP contribution in [-0.4, -0.2) is 37.2 Å². The van der Waals surface area contributed by atoms with Crippen molar-refractivity contribution in [3.63, 3.8) is 0 Å². The molecule has 0 heterocycles. The van der Waals surface area contributed by atoms with Crippen LogP contribution in [0, 0.1) is 0 Å². The van der Waals surface area contributed by atoms with Crippen molar-refractivity contribution in [1.29, 1.82) is 0 Å². The van der Waals surface area contributed by atoms with Crippen molar-refractivity contribution in [3.8, 4) is 0 Å². The van der Waals surface area contributed by atoms with Gasteiger partial charge in [0.15, 0.2) is 6.10 Å². The van der Waals surface area contributed by atoms with Gasteiger partial charge < -0.3 is 14.2 Å². The molecular formula is C56H108O6. The second-order valence-corrected chi connectivity index (χ2v) is 19.2. The van der Waals surface area contributed by atoms with Gasteiger partial charge in [-0.3, -0.25) is 14.4 Å². The van der Waals surface area contributed by atoms with E-state index >= 15 is 0 Å². The van der Waals surface area contributed by atoms with Gasteiger partial charge in [0.1, 0.15) is 13.2 Å². The van der Waals surface area contributed by atoms with Crippen LogP contribution in [0.5, 0.6) is 0 Å². The Morgan fingerprint density at radius 1 is 0.258 bits per heavy atom. The molecule has 0 saturated carbocycles. The van der Waals surface area contributed by atoms with Crippen LogP contribution >= 0.6 is 0 Å². The fourth-order valence-corrected chi connectivity index (χ4v) is 8.62. The predicted molar refractivity (Wildman–Crippen MR) is 266 cm³/mol. The highest BCUT2D eigenvalue weighted by atomic mass is 16.6. The van der Waals surface area contributed by atoms with Gasteiger partial charge >= 0.3 is 17.9 Å². The van der Waals surface area contributed by atoms with E-state index in [1.54, 1.807) is 0 Å². The Kier molecular flexibility index (Phi) is 50.7. The third-order valence-electron chi connectivity index (χ3n) is 12.9. The van der Waals surface area contributed by atoms with Gasteiger partial charge in [-0.1, -0.05) is 284 Å². The van der Waals surface area contributed by atoms with Crippen molar-refractivity contribution >= 4 is 17.9 Å². The van der Waals surface area contributed by atoms with Crippen LogP contribution in [0.1, 0.15) is 323 Å². The largest absolute Gasteiger partial charge is 0.462 e. The molecule has 0 aromatic carbocycles. The topological polar surface area (TPSA) is 78.9 Å². The summed E-state index contributed by atoms with van der Waals surface area (Å²) in [7, 11) is 0. The summed E-state index contributed by atoms with van der Waals surface area (Å²) in [4.78, 5) is 38.0. The Hall–Kier alpha value is -1.59. The van der Waals surface area contributed by atoms with E-state index < -0.39 is 6.10 Å². The fourth-order valence-electron chi connectivity index (χ4n) is 8.62. The lowest BCUT2D eigenvalue weighted by molar-refractivity contribution is -0.167. The van der Waals surface area contributed by atoms with E-state index in [-0.39, 0.29) is 31.1 Å². The second-order valence-electron chi connectivity index (χ2n) is 19.2. The standard InChI is InChI=1S/C56H108O6/c1-4-7-10-13-16-19-22-24-26-27-28-29-31-33-35-38-41-44-47-50-56(59)62-53(51-60-54(57)48-45-42-39-36-21-18-15-12-9-6-3)52-61-55(58)49-46-43-40-37-34-32-30-25-23-20-17-14-11-8-5-2/h53H,4-52H2,1-3H3/t53-/m0/s1. The predicted octanol–water partition coefficient (Wildman–Crippen LogP) is 18.4. The lowest BCUT2D eigenvalue weighted by Gasteiger charge is -2.18. The SMILES string of the molecule is CCCCCCCCCCCCCCCCCCCCCC(=O)O[C@@H](COC(=O)CCCCCCCCCCCC)COC(=O)CCCCCCCCCCCCCCCCC. The molecule has 0 radical (unpaired) electrons. The van der Waals surface area contributed by atoms with Gasteiger partial charge in [-0.05, 0) is 19.3 Å². The van der Waals surface area contributed by atoms with E-state index in [1.807, 2.05) is 0 Å². The zero-order valence-electron chi connectivity index (χ0n) is 42.2. The molecule has 0 amide bonds. The van der Waals surface area contributed by atoms with E-state index in [9.17, 15) is 14.4 Å². The Morgan fingerprint density at radius 2 is 0.435 bits per heavy atom. The quantitative estimate of drug-likeness (QED) is 0.0344. The molecule has 368 valence electrons. The third-order valence-corrected chi connectivity index (χ3v) is 12.9. The molecular weight excluding hydrogens is 769 g/mol. The van der Waals surface area contributed by atoms with Crippen LogP contribution in [-0.2, 0) is 28.6 Å². The number of unbranched alkanes of at least 4 members (excludes halogenated alkanes) is 41. The maximum absolute atomic E-state index is 12.8. The first kappa shape index (κ1) is 60.4. The molecule has 0 aromatic rings. The van der Waals surface area contributed by atoms with E-state index in [0.717, 1.165) is 57.8 Å². The van der Waals surface area contributed by atoms with Gasteiger partial charge in [-0.25, -0.2) is 0 Å². The van der Waals surface area contributed by atoms with E-state index in [2.05, 4.69) is 20.8 Å². The number of carbonyl (C=O) groups excluding carboxylic acids is 3. The summed E-state index contributed by atoms with van der Waals surface area (Å²) in [5, 5.41) is 0. The Labute approximate surface area is 387 Å². The Balaban J connectivity index is 4.24. The molecule has 0 rings (SSSR count). The normalized spacial score (nSPS) is 11.9. The highest BCUT2D eigenvalue weighted by Gasteiger charge is 2.19. The smallest absolute Gasteiger partial charge is 0.306 e. The molecule has 0 aliphatic rings. The highest BCUT2D eigenvalue weighted by molar-refractivity contribution is 5.71. The number of hydrogen-bond donors (Lipinski definition) is 0. The van der Waals surface area contributed by atoms with Gasteiger partial charge in [-0.15, -0.1) is 0 Å². The van der Waals surface area contributed by atoms with Gasteiger partial charge in [-0.2, -0.15) is 0 Å². The van der Waals surface area contributed by atoms with Gasteiger partial charge in [0.05, 0.1) is 0 Å². The molecule has 0 aliphatic heterocycles. The minimum atomic E-state index is -0.760. The van der Waals surface area contributed by atoms with Crippen LogP contribution in [0.3, 0.4) is 0 Å². The third kappa shape index (κ3) is 49.4. The molecule has 0 aliphatic carbocycles. The van der Waals surface area contributed by atoms with Crippen molar-refractivity contribution < 1.29 is 28.6 Å². The summed E-state index contributed by atoms with van der Waals surface area (Å²) in [6.07, 6.45) is 56.6. The van der Waals surface area contributed by atoms with E-state index in [1.165, 1.54) is 225 Å². The van der Waals surface area contributed by atoms with Crippen molar-refractivity contribution in [1.82, 2.24) is 0 Å². The average Bonchev–Trinajstić information content (AvgIpc) is 3.27. The molecule has 0 aromatic heterocycles. The summed E-state index contributed by atoms with van der Waals surface area (Å²) < 4.78 is 16.8. The van der Waals surface area contributed by atoms with Crippen LogP contribution in [0.15, 0.2) is 0 Å². The van der Waals surface area contributed by atoms with Gasteiger partial charge in [0.25, 0.3) is 0 Å². The molecule has 0 N–H and O–H groups in total. The van der Waals surface area contributed by atoms with Crippen molar-refractivity contribution in [2.75, 3.05) is 13.2 Å². The maximum Gasteiger partial charge on any atom is 0.306 e. The lowest BCUT2D eigenvalue weighted by Crippen LogP contribution is -2.30. The van der Waals surface area contributed by atoms with Gasteiger partial charge in [0, 0.05) is 19.3 Å². The lowest BCUT2D eigenvalue weighted by atomic mass is 10.0. The van der Waals surface area contributed by atoms with Crippen LogP contribution in [0.2, 0.25) is 0 Å². The number of carbonyl (C=O) groups is 3. The Bertz CT molecular complexity index is 920. The first-order chi connectivity index (χ1) is 30.5. The summed E-state index contributed by atoms with van der Waals surface area (Å²) in [6.45, 7) is 6.69. The molecule has 0 spiro atoms. The summed E-state index contributed by atoms with van der Waals surface area (Å²) in [6, 6.07) is 0. The molecule has 0 fully saturated rings. The summed E-state index contributed by atoms with van der Waals surface area (Å²) in [5.41, 5.74) is 0. The zero-order valence-corrected chi connectivity index (χ0v) is 42.2. The molecule has 6 nitrogen and oxygen atoms in total. The maximum atomic E-state index is 12.8. The van der Waals surface area contributed by atoms with Crippen LogP contribution in [0.25, 0.3) is 0 Å². The fraction of sp³-hybridized carbons (Fsp3) is 0.946. The zero-order chi connectivity index (χ0) is 45.1. The number of ether oxygens (including phenoxy) is 3. The molecule has 0 unspecified atom stereocenters. The monoisotopic (exact) mass is 877 g/mol. The molecule has 1 atom stereocenters. The minimum Gasteiger partial charge on any atom is -0.462 e. The van der Waals surface area contributed by atoms with E-state index in [0.29, 0.717) is 19.3 Å². The molecule has 0 bridgehead atoms. The van der Waals surface area contributed by atoms with Crippen LogP contribution < -0.4 is 0 Å². The molecule has 0 saturated heterocycles. The van der Waals surface area contributed by atoms with Crippen molar-refractivity contribution in [3.05, 3.63) is 0 Å². The molecule has 62 heavy (non-hydrogen) atoms. The van der Waals surface area contributed by atoms with Crippen molar-refractivity contribution in [2.45, 2.75) is 329 Å². The summed E-state index contributed by atoms with van der Waals surface area (Å²) >= 11 is 0. The number of rotatable bonds is 52. The average molecular weight is 877 g/mol. The first-order valence-corrected chi connectivity index (χ1v) is 28.0.